The van der Waals surface area contributed by atoms with Crippen molar-refractivity contribution in [1.82, 2.24) is 15.3 Å². The molecule has 0 bridgehead atoms. The lowest BCUT2D eigenvalue weighted by Gasteiger charge is -2.12. The van der Waals surface area contributed by atoms with Crippen LogP contribution in [0.25, 0.3) is 0 Å². The zero-order chi connectivity index (χ0) is 15.9. The molecule has 6 heteroatoms. The van der Waals surface area contributed by atoms with Gasteiger partial charge in [-0.25, -0.2) is 9.97 Å². The first kappa shape index (κ1) is 16.2. The molecule has 1 aromatic heterocycles. The molecule has 0 atom stereocenters. The van der Waals surface area contributed by atoms with E-state index in [9.17, 15) is 0 Å². The number of thiocarbonyl (C=S) groups is 1. The molecular formula is C16H21N5S. The number of hydrogen-bond acceptors (Lipinski definition) is 4. The van der Waals surface area contributed by atoms with Crippen LogP contribution in [-0.2, 0) is 13.0 Å². The second kappa shape index (κ2) is 7.70. The van der Waals surface area contributed by atoms with Crippen molar-refractivity contribution >= 4 is 28.7 Å². The van der Waals surface area contributed by atoms with Gasteiger partial charge in [-0.2, -0.15) is 0 Å². The number of nitrogens with one attached hydrogen (secondary N) is 2. The van der Waals surface area contributed by atoms with Crippen LogP contribution >= 0.6 is 12.2 Å². The van der Waals surface area contributed by atoms with Gasteiger partial charge in [0.2, 0.25) is 0 Å². The summed E-state index contributed by atoms with van der Waals surface area (Å²) in [4.78, 5) is 10.6. The average Bonchev–Trinajstić information content (AvgIpc) is 2.53. The summed E-state index contributed by atoms with van der Waals surface area (Å²) in [7, 11) is 3.92. The van der Waals surface area contributed by atoms with Crippen LogP contribution in [0, 0.1) is 0 Å². The van der Waals surface area contributed by atoms with E-state index in [0.717, 1.165) is 17.8 Å². The summed E-state index contributed by atoms with van der Waals surface area (Å²) in [6.45, 7) is 2.62. The Morgan fingerprint density at radius 2 is 1.95 bits per heavy atom. The predicted molar refractivity (Wildman–Crippen MR) is 95.2 cm³/mol. The highest BCUT2D eigenvalue weighted by Gasteiger charge is 2.02. The standard InChI is InChI=1S/C16H21N5S/c1-4-12-6-5-7-13(8-12)20-16(22)19-11-15-17-9-14(10-18-15)21(2)3/h5-10H,4,11H2,1-3H3,(H2,19,20,22). The molecule has 0 saturated heterocycles. The Kier molecular flexibility index (Phi) is 5.66. The van der Waals surface area contributed by atoms with Crippen molar-refractivity contribution in [1.29, 1.82) is 0 Å². The predicted octanol–water partition coefficient (Wildman–Crippen LogP) is 2.59. The summed E-state index contributed by atoms with van der Waals surface area (Å²) < 4.78 is 0. The first-order valence-corrected chi connectivity index (χ1v) is 7.61. The molecule has 2 rings (SSSR count). The summed E-state index contributed by atoms with van der Waals surface area (Å²) in [5, 5.41) is 6.85. The number of rotatable bonds is 5. The first-order chi connectivity index (χ1) is 10.6. The molecule has 0 aliphatic heterocycles. The summed E-state index contributed by atoms with van der Waals surface area (Å²) in [6, 6.07) is 8.21. The summed E-state index contributed by atoms with van der Waals surface area (Å²) in [5.74, 6) is 0.706. The van der Waals surface area contributed by atoms with Gasteiger partial charge in [-0.1, -0.05) is 19.1 Å². The monoisotopic (exact) mass is 315 g/mol. The minimum Gasteiger partial charge on any atom is -0.375 e. The van der Waals surface area contributed by atoms with E-state index in [1.165, 1.54) is 5.56 Å². The maximum absolute atomic E-state index is 5.30. The summed E-state index contributed by atoms with van der Waals surface area (Å²) in [6.07, 6.45) is 4.60. The van der Waals surface area contributed by atoms with E-state index in [2.05, 4.69) is 39.7 Å². The number of nitrogens with zero attached hydrogens (tertiary/aromatic N) is 3. The van der Waals surface area contributed by atoms with Crippen LogP contribution in [-0.4, -0.2) is 29.2 Å². The highest BCUT2D eigenvalue weighted by molar-refractivity contribution is 7.80. The Hall–Kier alpha value is -2.21. The number of aryl methyl sites for hydroxylation is 1. The summed E-state index contributed by atoms with van der Waals surface area (Å²) >= 11 is 5.30. The SMILES string of the molecule is CCc1cccc(NC(=S)NCc2ncc(N(C)C)cn2)c1. The molecule has 0 spiro atoms. The van der Waals surface area contributed by atoms with E-state index >= 15 is 0 Å². The van der Waals surface area contributed by atoms with E-state index in [1.807, 2.05) is 31.1 Å². The van der Waals surface area contributed by atoms with Crippen LogP contribution in [0.4, 0.5) is 11.4 Å². The van der Waals surface area contributed by atoms with Gasteiger partial charge in [0.05, 0.1) is 24.6 Å². The van der Waals surface area contributed by atoms with Gasteiger partial charge in [-0.3, -0.25) is 0 Å². The smallest absolute Gasteiger partial charge is 0.171 e. The van der Waals surface area contributed by atoms with Gasteiger partial charge in [-0.15, -0.1) is 0 Å². The van der Waals surface area contributed by atoms with E-state index in [4.69, 9.17) is 12.2 Å². The molecular weight excluding hydrogens is 294 g/mol. The molecule has 0 radical (unpaired) electrons. The molecule has 0 amide bonds. The molecule has 0 unspecified atom stereocenters. The molecule has 0 aliphatic carbocycles. The van der Waals surface area contributed by atoms with E-state index < -0.39 is 0 Å². The highest BCUT2D eigenvalue weighted by Crippen LogP contribution is 2.11. The topological polar surface area (TPSA) is 53.1 Å². The lowest BCUT2D eigenvalue weighted by molar-refractivity contribution is 0.827. The third kappa shape index (κ3) is 4.66. The van der Waals surface area contributed by atoms with Crippen LogP contribution in [0.3, 0.4) is 0 Å². The largest absolute Gasteiger partial charge is 0.375 e. The number of anilines is 2. The zero-order valence-electron chi connectivity index (χ0n) is 13.1. The lowest BCUT2D eigenvalue weighted by Crippen LogP contribution is -2.28. The third-order valence-electron chi connectivity index (χ3n) is 3.21. The Bertz CT molecular complexity index is 625. The second-order valence-corrected chi connectivity index (χ2v) is 5.52. The first-order valence-electron chi connectivity index (χ1n) is 7.20. The minimum absolute atomic E-state index is 0.493. The van der Waals surface area contributed by atoms with Crippen LogP contribution in [0.2, 0.25) is 0 Å². The van der Waals surface area contributed by atoms with Crippen LogP contribution in [0.15, 0.2) is 36.7 Å². The van der Waals surface area contributed by atoms with Gasteiger partial charge in [-0.05, 0) is 36.3 Å². The molecule has 2 N–H and O–H groups in total. The molecule has 0 aliphatic rings. The van der Waals surface area contributed by atoms with Gasteiger partial charge in [0.15, 0.2) is 5.11 Å². The fraction of sp³-hybridized carbons (Fsp3) is 0.312. The van der Waals surface area contributed by atoms with Crippen molar-refractivity contribution in [3.63, 3.8) is 0 Å². The Labute approximate surface area is 136 Å². The molecule has 1 aromatic carbocycles. The maximum atomic E-state index is 5.30. The van der Waals surface area contributed by atoms with Gasteiger partial charge >= 0.3 is 0 Å². The number of benzene rings is 1. The van der Waals surface area contributed by atoms with Crippen LogP contribution in [0.1, 0.15) is 18.3 Å². The Balaban J connectivity index is 1.87. The van der Waals surface area contributed by atoms with Crippen molar-refractivity contribution in [2.45, 2.75) is 19.9 Å². The van der Waals surface area contributed by atoms with Crippen molar-refractivity contribution in [2.75, 3.05) is 24.3 Å². The van der Waals surface area contributed by atoms with Gasteiger partial charge < -0.3 is 15.5 Å². The molecule has 0 saturated carbocycles. The van der Waals surface area contributed by atoms with Gasteiger partial charge in [0.1, 0.15) is 5.82 Å². The molecule has 5 nitrogen and oxygen atoms in total. The van der Waals surface area contributed by atoms with Crippen LogP contribution in [0.5, 0.6) is 0 Å². The summed E-state index contributed by atoms with van der Waals surface area (Å²) in [5.41, 5.74) is 3.23. The lowest BCUT2D eigenvalue weighted by atomic mass is 10.1. The zero-order valence-corrected chi connectivity index (χ0v) is 13.9. The molecule has 1 heterocycles. The quantitative estimate of drug-likeness (QED) is 0.827. The van der Waals surface area contributed by atoms with Gasteiger partial charge in [0, 0.05) is 19.8 Å². The normalized spacial score (nSPS) is 10.1. The molecule has 0 fully saturated rings. The fourth-order valence-corrected chi connectivity index (χ4v) is 2.06. The van der Waals surface area contributed by atoms with Gasteiger partial charge in [0.25, 0.3) is 0 Å². The molecule has 22 heavy (non-hydrogen) atoms. The minimum atomic E-state index is 0.493. The highest BCUT2D eigenvalue weighted by atomic mass is 32.1. The average molecular weight is 315 g/mol. The van der Waals surface area contributed by atoms with Crippen molar-refractivity contribution in [3.05, 3.63) is 48.0 Å². The van der Waals surface area contributed by atoms with Crippen LogP contribution < -0.4 is 15.5 Å². The van der Waals surface area contributed by atoms with E-state index in [-0.39, 0.29) is 0 Å². The fourth-order valence-electron chi connectivity index (χ4n) is 1.87. The molecule has 2 aromatic rings. The Morgan fingerprint density at radius 1 is 1.23 bits per heavy atom. The Morgan fingerprint density at radius 3 is 2.59 bits per heavy atom. The third-order valence-corrected chi connectivity index (χ3v) is 3.45. The van der Waals surface area contributed by atoms with Crippen molar-refractivity contribution in [2.24, 2.45) is 0 Å². The van der Waals surface area contributed by atoms with Crippen molar-refractivity contribution < 1.29 is 0 Å². The number of hydrogen-bond donors (Lipinski definition) is 2. The number of aromatic nitrogens is 2. The maximum Gasteiger partial charge on any atom is 0.171 e. The van der Waals surface area contributed by atoms with Crippen molar-refractivity contribution in [3.8, 4) is 0 Å². The van der Waals surface area contributed by atoms with E-state index in [0.29, 0.717) is 17.5 Å². The molecule has 116 valence electrons. The van der Waals surface area contributed by atoms with E-state index in [1.54, 1.807) is 12.4 Å². The second-order valence-electron chi connectivity index (χ2n) is 5.11.